The van der Waals surface area contributed by atoms with E-state index in [1.165, 1.54) is 6.92 Å². The topological polar surface area (TPSA) is 49.9 Å². The zero-order valence-corrected chi connectivity index (χ0v) is 12.5. The fraction of sp³-hybridized carbons (Fsp3) is 0.500. The molecular weight excluding hydrogens is 387 g/mol. The predicted octanol–water partition coefficient (Wildman–Crippen LogP) is 3.43. The molecule has 11 heavy (non-hydrogen) atoms. The molecule has 9 heteroatoms. The summed E-state index contributed by atoms with van der Waals surface area (Å²) in [7, 11) is 25.2. The van der Waals surface area contributed by atoms with Crippen LogP contribution in [0.25, 0.3) is 0 Å². The van der Waals surface area contributed by atoms with Gasteiger partial charge in [-0.15, -0.1) is 12.4 Å². The number of amidine groups is 1. The molecule has 0 radical (unpaired) electrons. The van der Waals surface area contributed by atoms with Crippen LogP contribution in [0.3, 0.4) is 0 Å². The first kappa shape index (κ1) is 18.7. The van der Waals surface area contributed by atoms with Gasteiger partial charge in [-0.05, 0) is 6.92 Å². The van der Waals surface area contributed by atoms with Crippen molar-refractivity contribution in [2.45, 2.75) is 6.92 Å². The first-order chi connectivity index (χ1) is 3.97. The van der Waals surface area contributed by atoms with Crippen molar-refractivity contribution in [3.05, 3.63) is 0 Å². The SMILES string of the molecule is CC(=N)N.Cl.[Cl][Sb]([Cl])([Cl])([Cl])[Cl]. The summed E-state index contributed by atoms with van der Waals surface area (Å²) in [6.45, 7) is 1.53. The molecule has 0 atom stereocenters. The first-order valence-corrected chi connectivity index (χ1v) is 18.0. The van der Waals surface area contributed by atoms with Crippen LogP contribution in [0.15, 0.2) is 0 Å². The van der Waals surface area contributed by atoms with E-state index < -0.39 is 11.7 Å². The second kappa shape index (κ2) is 6.48. The molecule has 0 aliphatic heterocycles. The maximum atomic E-state index is 6.28. The van der Waals surface area contributed by atoms with Crippen molar-refractivity contribution < 1.29 is 0 Å². The number of nitrogens with one attached hydrogen (secondary N) is 1. The van der Waals surface area contributed by atoms with Crippen molar-refractivity contribution in [3.8, 4) is 0 Å². The van der Waals surface area contributed by atoms with Gasteiger partial charge in [0.25, 0.3) is 0 Å². The molecule has 0 heterocycles. The van der Waals surface area contributed by atoms with Gasteiger partial charge in [0.05, 0.1) is 5.84 Å². The second-order valence-corrected chi connectivity index (χ2v) is 39.3. The van der Waals surface area contributed by atoms with Gasteiger partial charge in [0.1, 0.15) is 0 Å². The molecule has 0 bridgehead atoms. The van der Waals surface area contributed by atoms with E-state index in [0.29, 0.717) is 0 Å². The van der Waals surface area contributed by atoms with Gasteiger partial charge < -0.3 is 5.73 Å². The molecule has 2 nitrogen and oxygen atoms in total. The van der Waals surface area contributed by atoms with Crippen LogP contribution in [0.1, 0.15) is 6.92 Å². The van der Waals surface area contributed by atoms with Gasteiger partial charge in [0, 0.05) is 0 Å². The Balaban J connectivity index is -0.000000114. The molecule has 0 amide bonds. The van der Waals surface area contributed by atoms with E-state index in [1.54, 1.807) is 0 Å². The Kier molecular flexibility index (Phi) is 11.0. The van der Waals surface area contributed by atoms with Crippen LogP contribution < -0.4 is 5.73 Å². The summed E-state index contributed by atoms with van der Waals surface area (Å²) >= 11 is -4.33. The summed E-state index contributed by atoms with van der Waals surface area (Å²) < 4.78 is 0. The second-order valence-electron chi connectivity index (χ2n) is 1.32. The van der Waals surface area contributed by atoms with Crippen molar-refractivity contribution in [2.75, 3.05) is 0 Å². The molecule has 0 aromatic heterocycles. The van der Waals surface area contributed by atoms with E-state index in [-0.39, 0.29) is 18.2 Å². The average molecular weight is 394 g/mol. The van der Waals surface area contributed by atoms with E-state index in [2.05, 4.69) is 0 Å². The Labute approximate surface area is 91.0 Å². The minimum absolute atomic E-state index is 0. The van der Waals surface area contributed by atoms with Crippen LogP contribution in [0.5, 0.6) is 0 Å². The average Bonchev–Trinajstić information content (AvgIpc) is 1.14. The Bertz CT molecular complexity index is 105. The summed E-state index contributed by atoms with van der Waals surface area (Å²) in [6.07, 6.45) is 0. The van der Waals surface area contributed by atoms with Gasteiger partial charge >= 0.3 is 55.8 Å². The fourth-order valence-electron chi connectivity index (χ4n) is 0. The zero-order chi connectivity index (χ0) is 9.02. The van der Waals surface area contributed by atoms with Crippen LogP contribution >= 0.6 is 56.6 Å². The molecular formula is C2H7Cl6N2Sb. The Morgan fingerprint density at radius 3 is 1.18 bits per heavy atom. The third-order valence-electron chi connectivity index (χ3n) is 0. The number of hydrogen-bond acceptors (Lipinski definition) is 1. The number of rotatable bonds is 0. The van der Waals surface area contributed by atoms with Crippen LogP contribution in [-0.4, -0.2) is 17.5 Å². The number of nitrogens with two attached hydrogens (primary N) is 1. The quantitative estimate of drug-likeness (QED) is 0.370. The van der Waals surface area contributed by atoms with E-state index in [0.717, 1.165) is 0 Å². The van der Waals surface area contributed by atoms with Crippen molar-refractivity contribution in [1.82, 2.24) is 0 Å². The van der Waals surface area contributed by atoms with Gasteiger partial charge in [-0.25, -0.2) is 0 Å². The maximum absolute atomic E-state index is 6.28. The Morgan fingerprint density at radius 2 is 1.18 bits per heavy atom. The minimum atomic E-state index is -4.33. The summed E-state index contributed by atoms with van der Waals surface area (Å²) in [5, 5.41) is 6.28. The van der Waals surface area contributed by atoms with E-state index in [1.807, 2.05) is 0 Å². The van der Waals surface area contributed by atoms with Crippen LogP contribution in [-0.2, 0) is 0 Å². The zero-order valence-electron chi connectivity index (χ0n) is 5.32. The standard InChI is InChI=1S/C2H6N2.6ClH.Sb/c1-2(3)4;;;;;;;/h1H3,(H3,3,4);6*1H;/q;;;;;;;+5/p-5. The monoisotopic (exact) mass is 390 g/mol. The van der Waals surface area contributed by atoms with Crippen molar-refractivity contribution >= 4 is 74.1 Å². The van der Waals surface area contributed by atoms with Crippen LogP contribution in [0.2, 0.25) is 0 Å². The third kappa shape index (κ3) is 294. The summed E-state index contributed by atoms with van der Waals surface area (Å²) in [5.74, 6) is 0.167. The molecule has 0 rings (SSSR count). The van der Waals surface area contributed by atoms with E-state index >= 15 is 0 Å². The molecule has 0 unspecified atom stereocenters. The van der Waals surface area contributed by atoms with Gasteiger partial charge in [0.2, 0.25) is 0 Å². The molecule has 0 aromatic rings. The van der Waals surface area contributed by atoms with Gasteiger partial charge in [-0.1, -0.05) is 0 Å². The molecule has 3 N–H and O–H groups in total. The summed E-state index contributed by atoms with van der Waals surface area (Å²) in [6, 6.07) is 0. The predicted molar refractivity (Wildman–Crippen MR) is 59.9 cm³/mol. The Hall–Kier alpha value is 2.03. The molecule has 72 valence electrons. The summed E-state index contributed by atoms with van der Waals surface area (Å²) in [5.41, 5.74) is 4.69. The number of hydrogen-bond donors (Lipinski definition) is 2. The molecule has 0 aliphatic rings. The van der Waals surface area contributed by atoms with Crippen LogP contribution in [0, 0.1) is 5.41 Å². The molecule has 0 spiro atoms. The summed E-state index contributed by atoms with van der Waals surface area (Å²) in [4.78, 5) is 0. The molecule has 0 fully saturated rings. The van der Waals surface area contributed by atoms with Gasteiger partial charge in [-0.3, -0.25) is 5.41 Å². The van der Waals surface area contributed by atoms with Crippen molar-refractivity contribution in [3.63, 3.8) is 0 Å². The molecule has 0 aliphatic carbocycles. The van der Waals surface area contributed by atoms with Crippen molar-refractivity contribution in [1.29, 1.82) is 5.41 Å². The van der Waals surface area contributed by atoms with E-state index in [9.17, 15) is 0 Å². The van der Waals surface area contributed by atoms with Crippen molar-refractivity contribution in [2.24, 2.45) is 5.73 Å². The van der Waals surface area contributed by atoms with Crippen LogP contribution in [0.4, 0.5) is 0 Å². The first-order valence-electron chi connectivity index (χ1n) is 1.88. The fourth-order valence-corrected chi connectivity index (χ4v) is 0. The normalized spacial score (nSPS) is 12.7. The molecule has 0 aromatic carbocycles. The van der Waals surface area contributed by atoms with E-state index in [4.69, 9.17) is 55.3 Å². The Morgan fingerprint density at radius 1 is 1.18 bits per heavy atom. The number of halogens is 6. The van der Waals surface area contributed by atoms with Gasteiger partial charge in [0.15, 0.2) is 0 Å². The molecule has 0 saturated carbocycles. The molecule has 0 saturated heterocycles. The third-order valence-corrected chi connectivity index (χ3v) is 0. The van der Waals surface area contributed by atoms with Gasteiger partial charge in [-0.2, -0.15) is 0 Å².